The largest absolute Gasteiger partial charge is 0.491 e. The van der Waals surface area contributed by atoms with Crippen molar-refractivity contribution < 1.29 is 4.74 Å². The van der Waals surface area contributed by atoms with E-state index in [9.17, 15) is 0 Å². The van der Waals surface area contributed by atoms with E-state index < -0.39 is 0 Å². The lowest BCUT2D eigenvalue weighted by Gasteiger charge is -2.25. The highest BCUT2D eigenvalue weighted by molar-refractivity contribution is 5.36. The summed E-state index contributed by atoms with van der Waals surface area (Å²) in [7, 11) is 0. The van der Waals surface area contributed by atoms with Gasteiger partial charge in [0.1, 0.15) is 5.75 Å². The van der Waals surface area contributed by atoms with Crippen molar-refractivity contribution in [2.45, 2.75) is 53.2 Å². The number of benzene rings is 1. The zero-order valence-corrected chi connectivity index (χ0v) is 14.4. The van der Waals surface area contributed by atoms with Crippen LogP contribution in [0.4, 0.5) is 0 Å². The zero-order chi connectivity index (χ0) is 15.7. The Morgan fingerprint density at radius 2 is 1.76 bits per heavy atom. The molecule has 0 heterocycles. The lowest BCUT2D eigenvalue weighted by molar-refractivity contribution is 0.234. The van der Waals surface area contributed by atoms with Crippen molar-refractivity contribution >= 4 is 0 Å². The van der Waals surface area contributed by atoms with Crippen LogP contribution in [0.1, 0.15) is 52.6 Å². The van der Waals surface area contributed by atoms with Crippen LogP contribution in [-0.2, 0) is 0 Å². The highest BCUT2D eigenvalue weighted by Crippen LogP contribution is 2.28. The van der Waals surface area contributed by atoms with Crippen LogP contribution in [-0.4, -0.2) is 37.2 Å². The molecule has 1 aromatic carbocycles. The molecule has 1 aromatic rings. The maximum absolute atomic E-state index is 5.98. The fraction of sp³-hybridized carbons (Fsp3) is 0.667. The number of hydrogen-bond acceptors (Lipinski definition) is 3. The van der Waals surface area contributed by atoms with Crippen molar-refractivity contribution in [3.05, 3.63) is 29.8 Å². The Hall–Kier alpha value is -1.06. The van der Waals surface area contributed by atoms with Crippen LogP contribution in [0.3, 0.4) is 0 Å². The summed E-state index contributed by atoms with van der Waals surface area (Å²) in [5.74, 6) is 1.01. The lowest BCUT2D eigenvalue weighted by Crippen LogP contribution is -2.29. The van der Waals surface area contributed by atoms with Crippen molar-refractivity contribution in [2.24, 2.45) is 0 Å². The molecule has 21 heavy (non-hydrogen) atoms. The summed E-state index contributed by atoms with van der Waals surface area (Å²) >= 11 is 0. The first-order valence-electron chi connectivity index (χ1n) is 8.33. The average Bonchev–Trinajstić information content (AvgIpc) is 2.47. The molecule has 3 heteroatoms. The Morgan fingerprint density at radius 1 is 1.10 bits per heavy atom. The Labute approximate surface area is 130 Å². The van der Waals surface area contributed by atoms with Gasteiger partial charge in [-0.3, -0.25) is 0 Å². The number of nitrogens with zero attached hydrogens (tertiary/aromatic N) is 1. The topological polar surface area (TPSA) is 24.5 Å². The first-order chi connectivity index (χ1) is 10.1. The Bertz CT molecular complexity index is 389. The minimum Gasteiger partial charge on any atom is -0.491 e. The second-order valence-electron chi connectivity index (χ2n) is 5.63. The van der Waals surface area contributed by atoms with Crippen LogP contribution < -0.4 is 10.1 Å². The maximum atomic E-state index is 5.98. The van der Waals surface area contributed by atoms with Gasteiger partial charge in [-0.2, -0.15) is 0 Å². The van der Waals surface area contributed by atoms with Crippen molar-refractivity contribution in [1.82, 2.24) is 10.2 Å². The molecule has 0 amide bonds. The van der Waals surface area contributed by atoms with Gasteiger partial charge in [0.15, 0.2) is 0 Å². The van der Waals surface area contributed by atoms with Gasteiger partial charge in [0.2, 0.25) is 0 Å². The fourth-order valence-corrected chi connectivity index (χ4v) is 2.60. The summed E-state index contributed by atoms with van der Waals surface area (Å²) in [5.41, 5.74) is 1.28. The van der Waals surface area contributed by atoms with Gasteiger partial charge in [0, 0.05) is 11.6 Å². The highest BCUT2D eigenvalue weighted by atomic mass is 16.5. The molecule has 0 spiro atoms. The van der Waals surface area contributed by atoms with Gasteiger partial charge in [-0.15, -0.1) is 0 Å². The second-order valence-corrected chi connectivity index (χ2v) is 5.63. The molecule has 0 aliphatic carbocycles. The van der Waals surface area contributed by atoms with Gasteiger partial charge in [0.05, 0.1) is 6.10 Å². The number of hydrogen-bond donors (Lipinski definition) is 1. The van der Waals surface area contributed by atoms with Crippen molar-refractivity contribution in [1.29, 1.82) is 0 Å². The smallest absolute Gasteiger partial charge is 0.124 e. The lowest BCUT2D eigenvalue weighted by atomic mass is 10.0. The molecule has 3 nitrogen and oxygen atoms in total. The van der Waals surface area contributed by atoms with Gasteiger partial charge in [-0.1, -0.05) is 39.0 Å². The Kier molecular flexibility index (Phi) is 8.40. The molecule has 0 aromatic heterocycles. The molecular formula is C18H32N2O. The maximum Gasteiger partial charge on any atom is 0.124 e. The van der Waals surface area contributed by atoms with Crippen molar-refractivity contribution in [3.8, 4) is 5.75 Å². The molecule has 0 radical (unpaired) electrons. The van der Waals surface area contributed by atoms with Crippen LogP contribution in [0.15, 0.2) is 24.3 Å². The minimum atomic E-state index is 0.205. The summed E-state index contributed by atoms with van der Waals surface area (Å²) in [6.45, 7) is 15.1. The van der Waals surface area contributed by atoms with Gasteiger partial charge in [-0.05, 0) is 52.5 Å². The van der Waals surface area contributed by atoms with Crippen LogP contribution in [0, 0.1) is 0 Å². The molecule has 120 valence electrons. The third kappa shape index (κ3) is 6.06. The van der Waals surface area contributed by atoms with E-state index in [4.69, 9.17) is 4.74 Å². The van der Waals surface area contributed by atoms with Crippen LogP contribution in [0.5, 0.6) is 5.75 Å². The molecule has 0 fully saturated rings. The molecule has 0 bridgehead atoms. The summed E-state index contributed by atoms with van der Waals surface area (Å²) < 4.78 is 5.98. The predicted molar refractivity (Wildman–Crippen MR) is 91.0 cm³/mol. The van der Waals surface area contributed by atoms with Crippen LogP contribution in [0.2, 0.25) is 0 Å². The molecule has 1 N–H and O–H groups in total. The first-order valence-corrected chi connectivity index (χ1v) is 8.33. The fourth-order valence-electron chi connectivity index (χ4n) is 2.60. The quantitative estimate of drug-likeness (QED) is 0.709. The molecule has 0 aliphatic heterocycles. The number of nitrogens with one attached hydrogen (secondary N) is 1. The van der Waals surface area contributed by atoms with E-state index in [1.807, 2.05) is 0 Å². The summed E-state index contributed by atoms with van der Waals surface area (Å²) in [6, 6.07) is 8.77. The average molecular weight is 292 g/mol. The Balaban J connectivity index is 2.84. The Morgan fingerprint density at radius 3 is 2.33 bits per heavy atom. The molecule has 0 saturated carbocycles. The van der Waals surface area contributed by atoms with E-state index in [2.05, 4.69) is 69.1 Å². The molecule has 1 atom stereocenters. The van der Waals surface area contributed by atoms with E-state index in [1.165, 1.54) is 5.56 Å². The van der Waals surface area contributed by atoms with Crippen LogP contribution >= 0.6 is 0 Å². The van der Waals surface area contributed by atoms with E-state index in [0.717, 1.165) is 38.3 Å². The molecule has 0 saturated heterocycles. The minimum absolute atomic E-state index is 0.205. The number of para-hydroxylation sites is 1. The van der Waals surface area contributed by atoms with Gasteiger partial charge >= 0.3 is 0 Å². The second kappa shape index (κ2) is 9.80. The highest BCUT2D eigenvalue weighted by Gasteiger charge is 2.16. The monoisotopic (exact) mass is 292 g/mol. The molecule has 1 unspecified atom stereocenters. The third-order valence-corrected chi connectivity index (χ3v) is 3.74. The SMILES string of the molecule is CCNC(CCN(CC)CC)c1ccccc1OC(C)C. The summed E-state index contributed by atoms with van der Waals surface area (Å²) in [6.07, 6.45) is 1.31. The first kappa shape index (κ1) is 18.0. The van der Waals surface area contributed by atoms with E-state index in [-0.39, 0.29) is 6.10 Å². The van der Waals surface area contributed by atoms with Crippen molar-refractivity contribution in [3.63, 3.8) is 0 Å². The summed E-state index contributed by atoms with van der Waals surface area (Å²) in [5, 5.41) is 3.61. The zero-order valence-electron chi connectivity index (χ0n) is 14.4. The van der Waals surface area contributed by atoms with Gasteiger partial charge in [-0.25, -0.2) is 0 Å². The molecule has 1 rings (SSSR count). The van der Waals surface area contributed by atoms with E-state index in [0.29, 0.717) is 6.04 Å². The van der Waals surface area contributed by atoms with Crippen molar-refractivity contribution in [2.75, 3.05) is 26.2 Å². The predicted octanol–water partition coefficient (Wildman–Crippen LogP) is 3.86. The molecular weight excluding hydrogens is 260 g/mol. The normalized spacial score (nSPS) is 12.9. The molecule has 0 aliphatic rings. The standard InChI is InChI=1S/C18H32N2O/c1-6-19-17(13-14-20(7-2)8-3)16-11-9-10-12-18(16)21-15(4)5/h9-12,15,17,19H,6-8,13-14H2,1-5H3. The number of rotatable bonds is 10. The van der Waals surface area contributed by atoms with E-state index >= 15 is 0 Å². The summed E-state index contributed by atoms with van der Waals surface area (Å²) in [4.78, 5) is 2.47. The van der Waals surface area contributed by atoms with Gasteiger partial charge < -0.3 is 15.0 Å². The van der Waals surface area contributed by atoms with Crippen LogP contribution in [0.25, 0.3) is 0 Å². The van der Waals surface area contributed by atoms with Gasteiger partial charge in [0.25, 0.3) is 0 Å². The van der Waals surface area contributed by atoms with E-state index in [1.54, 1.807) is 0 Å². The number of ether oxygens (including phenoxy) is 1. The third-order valence-electron chi connectivity index (χ3n) is 3.74.